The van der Waals surface area contributed by atoms with Gasteiger partial charge in [0.15, 0.2) is 5.75 Å². The van der Waals surface area contributed by atoms with Crippen molar-refractivity contribution < 1.29 is 31.7 Å². The van der Waals surface area contributed by atoms with E-state index in [9.17, 15) is 22.8 Å². The second-order valence-corrected chi connectivity index (χ2v) is 9.09. The first-order chi connectivity index (χ1) is 16.7. The monoisotopic (exact) mass is 492 g/mol. The van der Waals surface area contributed by atoms with Crippen LogP contribution in [-0.2, 0) is 19.7 Å². The van der Waals surface area contributed by atoms with E-state index in [0.29, 0.717) is 5.75 Å². The molecule has 1 fully saturated rings. The zero-order valence-electron chi connectivity index (χ0n) is 18.7. The van der Waals surface area contributed by atoms with Gasteiger partial charge in [0.05, 0.1) is 12.8 Å². The maximum atomic E-state index is 13.1. The minimum absolute atomic E-state index is 0.0724. The normalized spacial score (nSPS) is 15.2. The number of urea groups is 1. The predicted molar refractivity (Wildman–Crippen MR) is 127 cm³/mol. The third-order valence-electron chi connectivity index (χ3n) is 5.15. The number of nitrogens with one attached hydrogen (secondary N) is 1. The van der Waals surface area contributed by atoms with Crippen LogP contribution < -0.4 is 19.1 Å². The molecule has 1 aliphatic rings. The van der Waals surface area contributed by atoms with Crippen molar-refractivity contribution >= 4 is 39.7 Å². The molecular formula is C25H20N2O7S. The highest BCUT2D eigenvalue weighted by atomic mass is 32.2. The minimum atomic E-state index is -4.24. The van der Waals surface area contributed by atoms with Crippen LogP contribution >= 0.6 is 0 Å². The largest absolute Gasteiger partial charge is 0.497 e. The summed E-state index contributed by atoms with van der Waals surface area (Å²) in [6, 6.07) is 17.5. The summed E-state index contributed by atoms with van der Waals surface area (Å²) in [4.78, 5) is 38.8. The van der Waals surface area contributed by atoms with Gasteiger partial charge in [0, 0.05) is 11.6 Å². The first kappa shape index (κ1) is 23.7. The first-order valence-corrected chi connectivity index (χ1v) is 11.8. The molecule has 3 aromatic carbocycles. The fourth-order valence-corrected chi connectivity index (χ4v) is 4.28. The van der Waals surface area contributed by atoms with E-state index in [0.717, 1.165) is 10.5 Å². The molecule has 4 rings (SSSR count). The molecule has 1 saturated heterocycles. The van der Waals surface area contributed by atoms with Crippen LogP contribution in [0.1, 0.15) is 11.1 Å². The molecule has 3 aromatic rings. The number of rotatable bonds is 6. The Morgan fingerprint density at radius 3 is 2.26 bits per heavy atom. The molecule has 0 spiro atoms. The lowest BCUT2D eigenvalue weighted by atomic mass is 10.1. The number of amides is 4. The number of para-hydroxylation sites is 1. The number of carbonyl (C=O) groups is 3. The van der Waals surface area contributed by atoms with Crippen molar-refractivity contribution in [2.45, 2.75) is 11.8 Å². The van der Waals surface area contributed by atoms with Gasteiger partial charge in [0.2, 0.25) is 0 Å². The lowest BCUT2D eigenvalue weighted by molar-refractivity contribution is -0.122. The van der Waals surface area contributed by atoms with Gasteiger partial charge < -0.3 is 8.92 Å². The van der Waals surface area contributed by atoms with E-state index in [-0.39, 0.29) is 27.5 Å². The van der Waals surface area contributed by atoms with Crippen LogP contribution in [0.25, 0.3) is 6.08 Å². The van der Waals surface area contributed by atoms with Gasteiger partial charge in [-0.3, -0.25) is 14.9 Å². The quantitative estimate of drug-likeness (QED) is 0.318. The van der Waals surface area contributed by atoms with Crippen molar-refractivity contribution in [2.75, 3.05) is 12.0 Å². The van der Waals surface area contributed by atoms with E-state index in [1.165, 1.54) is 43.5 Å². The van der Waals surface area contributed by atoms with Crippen LogP contribution in [0.2, 0.25) is 0 Å². The fourth-order valence-electron chi connectivity index (χ4n) is 3.33. The molecule has 4 amide bonds. The van der Waals surface area contributed by atoms with Crippen LogP contribution in [-0.4, -0.2) is 33.4 Å². The van der Waals surface area contributed by atoms with E-state index in [1.807, 2.05) is 6.92 Å². The Labute approximate surface area is 201 Å². The van der Waals surface area contributed by atoms with Crippen LogP contribution in [0.5, 0.6) is 11.5 Å². The van der Waals surface area contributed by atoms with Crippen molar-refractivity contribution in [1.29, 1.82) is 0 Å². The summed E-state index contributed by atoms with van der Waals surface area (Å²) in [6.45, 7) is 1.82. The number of barbiturate groups is 1. The van der Waals surface area contributed by atoms with Crippen LogP contribution in [0, 0.1) is 6.92 Å². The zero-order chi connectivity index (χ0) is 25.2. The van der Waals surface area contributed by atoms with E-state index in [4.69, 9.17) is 8.92 Å². The van der Waals surface area contributed by atoms with Gasteiger partial charge >= 0.3 is 16.1 Å². The van der Waals surface area contributed by atoms with Crippen LogP contribution in [0.3, 0.4) is 0 Å². The van der Waals surface area contributed by atoms with Gasteiger partial charge in [-0.05, 0) is 49.4 Å². The SMILES string of the molecule is COc1ccc(/C=C2\C(=O)NC(=O)N(c3ccccc3)C2=O)c(OS(=O)(=O)c2ccc(C)cc2)c1. The highest BCUT2D eigenvalue weighted by molar-refractivity contribution is 7.87. The number of hydrogen-bond acceptors (Lipinski definition) is 7. The Balaban J connectivity index is 1.76. The molecule has 0 atom stereocenters. The Morgan fingerprint density at radius 1 is 0.914 bits per heavy atom. The first-order valence-electron chi connectivity index (χ1n) is 10.4. The topological polar surface area (TPSA) is 119 Å². The van der Waals surface area contributed by atoms with E-state index >= 15 is 0 Å². The number of benzene rings is 3. The molecule has 0 radical (unpaired) electrons. The average molecular weight is 493 g/mol. The van der Waals surface area contributed by atoms with Crippen LogP contribution in [0.15, 0.2) is 83.3 Å². The van der Waals surface area contributed by atoms with E-state index < -0.39 is 28.0 Å². The maximum Gasteiger partial charge on any atom is 0.339 e. The third kappa shape index (κ3) is 4.92. The lowest BCUT2D eigenvalue weighted by Gasteiger charge is -2.26. The number of hydrogen-bond donors (Lipinski definition) is 1. The smallest absolute Gasteiger partial charge is 0.339 e. The Hall–Kier alpha value is -4.44. The third-order valence-corrected chi connectivity index (χ3v) is 6.39. The summed E-state index contributed by atoms with van der Waals surface area (Å²) in [5.74, 6) is -1.66. The Kier molecular flexibility index (Phi) is 6.39. The Bertz CT molecular complexity index is 1450. The molecular weight excluding hydrogens is 472 g/mol. The second-order valence-electron chi connectivity index (χ2n) is 7.55. The maximum absolute atomic E-state index is 13.1. The van der Waals surface area contributed by atoms with Gasteiger partial charge in [-0.2, -0.15) is 8.42 Å². The fraction of sp³-hybridized carbons (Fsp3) is 0.0800. The molecule has 1 aliphatic heterocycles. The predicted octanol–water partition coefficient (Wildman–Crippen LogP) is 3.44. The summed E-state index contributed by atoms with van der Waals surface area (Å²) in [5, 5.41) is 2.13. The van der Waals surface area contributed by atoms with Crippen molar-refractivity contribution in [3.05, 3.63) is 89.5 Å². The van der Waals surface area contributed by atoms with Crippen molar-refractivity contribution in [3.8, 4) is 11.5 Å². The van der Waals surface area contributed by atoms with Gasteiger partial charge in [0.1, 0.15) is 16.2 Å². The minimum Gasteiger partial charge on any atom is -0.497 e. The van der Waals surface area contributed by atoms with Gasteiger partial charge in [-0.1, -0.05) is 35.9 Å². The highest BCUT2D eigenvalue weighted by Gasteiger charge is 2.37. The van der Waals surface area contributed by atoms with E-state index in [1.54, 1.807) is 42.5 Å². The van der Waals surface area contributed by atoms with E-state index in [2.05, 4.69) is 5.32 Å². The molecule has 0 aliphatic carbocycles. The van der Waals surface area contributed by atoms with Gasteiger partial charge in [-0.15, -0.1) is 0 Å². The molecule has 9 nitrogen and oxygen atoms in total. The van der Waals surface area contributed by atoms with Crippen molar-refractivity contribution in [3.63, 3.8) is 0 Å². The number of anilines is 1. The molecule has 1 N–H and O–H groups in total. The number of ether oxygens (including phenoxy) is 1. The van der Waals surface area contributed by atoms with Gasteiger partial charge in [0.25, 0.3) is 11.8 Å². The highest BCUT2D eigenvalue weighted by Crippen LogP contribution is 2.31. The average Bonchev–Trinajstić information content (AvgIpc) is 2.83. The number of imide groups is 2. The number of methoxy groups -OCH3 is 1. The molecule has 0 saturated carbocycles. The molecule has 10 heteroatoms. The molecule has 35 heavy (non-hydrogen) atoms. The van der Waals surface area contributed by atoms with Crippen LogP contribution in [0.4, 0.5) is 10.5 Å². The molecule has 178 valence electrons. The summed E-state index contributed by atoms with van der Waals surface area (Å²) >= 11 is 0. The zero-order valence-corrected chi connectivity index (χ0v) is 19.5. The lowest BCUT2D eigenvalue weighted by Crippen LogP contribution is -2.54. The molecule has 1 heterocycles. The van der Waals surface area contributed by atoms with Gasteiger partial charge in [-0.25, -0.2) is 9.69 Å². The summed E-state index contributed by atoms with van der Waals surface area (Å²) < 4.78 is 36.3. The molecule has 0 unspecified atom stereocenters. The number of nitrogens with zero attached hydrogens (tertiary/aromatic N) is 1. The Morgan fingerprint density at radius 2 is 1.60 bits per heavy atom. The molecule has 0 aromatic heterocycles. The molecule has 0 bridgehead atoms. The standard InChI is InChI=1S/C25H20N2O7S/c1-16-8-12-20(13-9-16)35(31,32)34-22-15-19(33-2)11-10-17(22)14-21-23(28)26-25(30)27(24(21)29)18-6-4-3-5-7-18/h3-15H,1-2H3,(H,26,28,30)/b21-14+. The second kappa shape index (κ2) is 9.43. The van der Waals surface area contributed by atoms with Crippen molar-refractivity contribution in [2.24, 2.45) is 0 Å². The summed E-state index contributed by atoms with van der Waals surface area (Å²) in [5.41, 5.74) is 0.871. The van der Waals surface area contributed by atoms with Crippen molar-refractivity contribution in [1.82, 2.24) is 5.32 Å². The number of aryl methyl sites for hydroxylation is 1. The summed E-state index contributed by atoms with van der Waals surface area (Å²) in [6.07, 6.45) is 1.17. The number of carbonyl (C=O) groups excluding carboxylic acids is 3. The summed E-state index contributed by atoms with van der Waals surface area (Å²) in [7, 11) is -2.85.